The zero-order chi connectivity index (χ0) is 28.9. The monoisotopic (exact) mass is 546 g/mol. The minimum Gasteiger partial charge on any atom is -0.481 e. The van der Waals surface area contributed by atoms with Crippen LogP contribution in [0, 0.1) is 5.92 Å². The van der Waals surface area contributed by atoms with Crippen LogP contribution in [0.4, 0.5) is 10.5 Å². The van der Waals surface area contributed by atoms with Crippen LogP contribution in [0.25, 0.3) is 10.9 Å². The van der Waals surface area contributed by atoms with Crippen molar-refractivity contribution >= 4 is 40.5 Å². The summed E-state index contributed by atoms with van der Waals surface area (Å²) in [5.74, 6) is -3.09. The average molecular weight is 547 g/mol. The first-order chi connectivity index (χ1) is 19.0. The molecule has 210 valence electrons. The number of hydrogen-bond acceptors (Lipinski definition) is 6. The largest absolute Gasteiger partial charge is 0.481 e. The topological polar surface area (TPSA) is 138 Å². The number of aromatic nitrogens is 1. The molecule has 2 aromatic carbocycles. The van der Waals surface area contributed by atoms with Crippen LogP contribution >= 0.6 is 0 Å². The molecule has 1 saturated heterocycles. The highest BCUT2D eigenvalue weighted by Gasteiger charge is 2.44. The van der Waals surface area contributed by atoms with Gasteiger partial charge in [-0.05, 0) is 57.7 Å². The number of pyridine rings is 1. The molecular weight excluding hydrogens is 512 g/mol. The normalized spacial score (nSPS) is 17.7. The van der Waals surface area contributed by atoms with Crippen molar-refractivity contribution in [3.8, 4) is 0 Å². The van der Waals surface area contributed by atoms with Crippen LogP contribution in [-0.4, -0.2) is 63.1 Å². The van der Waals surface area contributed by atoms with Crippen LogP contribution in [0.2, 0.25) is 0 Å². The average Bonchev–Trinajstić information content (AvgIpc) is 3.37. The number of para-hydroxylation sites is 1. The third-order valence-electron chi connectivity index (χ3n) is 6.64. The standard InChI is InChI=1S/C30H34N4O6/c1-30(2,3)40-29(39)34-18-21(28(37)38)16-25(34)27(36)33-24(14-13-19-9-5-4-6-10-19)26(35)32-22-15-20-11-7-8-12-23(20)31-17-22/h4-12,15,17,21,24-25H,13-14,16,18H2,1-3H3,(H,32,35)(H,33,36)(H,37,38). The smallest absolute Gasteiger partial charge is 0.410 e. The molecule has 10 heteroatoms. The summed E-state index contributed by atoms with van der Waals surface area (Å²) in [6.45, 7) is 4.91. The van der Waals surface area contributed by atoms with Gasteiger partial charge in [-0.15, -0.1) is 0 Å². The fraction of sp³-hybridized carbons (Fsp3) is 0.367. The maximum Gasteiger partial charge on any atom is 0.410 e. The van der Waals surface area contributed by atoms with Gasteiger partial charge in [0.25, 0.3) is 0 Å². The molecule has 1 aromatic heterocycles. The Hall–Kier alpha value is -4.47. The van der Waals surface area contributed by atoms with Gasteiger partial charge in [-0.3, -0.25) is 24.3 Å². The number of aryl methyl sites for hydroxylation is 1. The first-order valence-electron chi connectivity index (χ1n) is 13.2. The van der Waals surface area contributed by atoms with Crippen molar-refractivity contribution in [1.82, 2.24) is 15.2 Å². The fourth-order valence-corrected chi connectivity index (χ4v) is 4.65. The summed E-state index contributed by atoms with van der Waals surface area (Å²) in [6.07, 6.45) is 1.48. The van der Waals surface area contributed by atoms with Crippen molar-refractivity contribution in [3.63, 3.8) is 0 Å². The van der Waals surface area contributed by atoms with Gasteiger partial charge in [-0.2, -0.15) is 0 Å². The van der Waals surface area contributed by atoms with E-state index < -0.39 is 47.5 Å². The number of anilines is 1. The molecule has 3 unspecified atom stereocenters. The fourth-order valence-electron chi connectivity index (χ4n) is 4.65. The Labute approximate surface area is 232 Å². The third-order valence-corrected chi connectivity index (χ3v) is 6.64. The van der Waals surface area contributed by atoms with Gasteiger partial charge < -0.3 is 20.5 Å². The van der Waals surface area contributed by atoms with Gasteiger partial charge in [0.15, 0.2) is 0 Å². The number of carboxylic acids is 1. The summed E-state index contributed by atoms with van der Waals surface area (Å²) in [5, 5.41) is 16.1. The van der Waals surface area contributed by atoms with Crippen molar-refractivity contribution in [1.29, 1.82) is 0 Å². The van der Waals surface area contributed by atoms with E-state index in [9.17, 15) is 24.3 Å². The highest BCUT2D eigenvalue weighted by atomic mass is 16.6. The number of hydrogen-bond donors (Lipinski definition) is 3. The molecule has 2 heterocycles. The number of aliphatic carboxylic acids is 1. The molecule has 0 saturated carbocycles. The SMILES string of the molecule is CC(C)(C)OC(=O)N1CC(C(=O)O)CC1C(=O)NC(CCc1ccccc1)C(=O)Nc1cnc2ccccc2c1. The second kappa shape index (κ2) is 12.1. The maximum atomic E-state index is 13.5. The number of carbonyl (C=O) groups excluding carboxylic acids is 3. The van der Waals surface area contributed by atoms with E-state index in [1.54, 1.807) is 33.0 Å². The number of ether oxygens (including phenoxy) is 1. The molecule has 1 aliphatic rings. The molecule has 0 aliphatic carbocycles. The molecule has 0 radical (unpaired) electrons. The number of rotatable bonds is 8. The molecule has 0 bridgehead atoms. The molecule has 3 aromatic rings. The van der Waals surface area contributed by atoms with Crippen molar-refractivity contribution in [2.24, 2.45) is 5.92 Å². The Morgan fingerprint density at radius 3 is 2.48 bits per heavy atom. The van der Waals surface area contributed by atoms with Crippen molar-refractivity contribution < 1.29 is 29.0 Å². The minimum absolute atomic E-state index is 0.0813. The molecule has 0 spiro atoms. The van der Waals surface area contributed by atoms with Crippen molar-refractivity contribution in [3.05, 3.63) is 72.4 Å². The number of amides is 3. The number of nitrogens with zero attached hydrogens (tertiary/aromatic N) is 2. The highest BCUT2D eigenvalue weighted by molar-refractivity contribution is 5.99. The molecular formula is C30H34N4O6. The van der Waals surface area contributed by atoms with Crippen LogP contribution in [0.3, 0.4) is 0 Å². The quantitative estimate of drug-likeness (QED) is 0.388. The Morgan fingerprint density at radius 2 is 1.77 bits per heavy atom. The number of carboxylic acid groups (broad SMARTS) is 1. The molecule has 1 fully saturated rings. The number of nitrogens with one attached hydrogen (secondary N) is 2. The molecule has 1 aliphatic heterocycles. The van der Waals surface area contributed by atoms with E-state index in [0.717, 1.165) is 21.4 Å². The maximum absolute atomic E-state index is 13.5. The molecule has 40 heavy (non-hydrogen) atoms. The van der Waals surface area contributed by atoms with Gasteiger partial charge >= 0.3 is 12.1 Å². The molecule has 3 amide bonds. The minimum atomic E-state index is -1.11. The number of carbonyl (C=O) groups is 4. The van der Waals surface area contributed by atoms with Crippen LogP contribution in [0.1, 0.15) is 39.2 Å². The second-order valence-corrected chi connectivity index (χ2v) is 10.9. The lowest BCUT2D eigenvalue weighted by molar-refractivity contribution is -0.141. The molecule has 3 atom stereocenters. The lowest BCUT2D eigenvalue weighted by atomic mass is 10.0. The van der Waals surface area contributed by atoms with Crippen molar-refractivity contribution in [2.75, 3.05) is 11.9 Å². The van der Waals surface area contributed by atoms with E-state index in [-0.39, 0.29) is 19.4 Å². The van der Waals surface area contributed by atoms with Gasteiger partial charge in [0.2, 0.25) is 11.8 Å². The van der Waals surface area contributed by atoms with Crippen LogP contribution in [0.15, 0.2) is 66.9 Å². The summed E-state index contributed by atoms with van der Waals surface area (Å²) >= 11 is 0. The second-order valence-electron chi connectivity index (χ2n) is 10.9. The van der Waals surface area contributed by atoms with Crippen LogP contribution < -0.4 is 10.6 Å². The molecule has 4 rings (SSSR count). The predicted molar refractivity (Wildman–Crippen MR) is 150 cm³/mol. The van der Waals surface area contributed by atoms with E-state index in [2.05, 4.69) is 15.6 Å². The van der Waals surface area contributed by atoms with Gasteiger partial charge in [-0.1, -0.05) is 48.5 Å². The zero-order valence-corrected chi connectivity index (χ0v) is 22.8. The zero-order valence-electron chi connectivity index (χ0n) is 22.8. The lowest BCUT2D eigenvalue weighted by Crippen LogP contribution is -2.52. The lowest BCUT2D eigenvalue weighted by Gasteiger charge is -2.29. The summed E-state index contributed by atoms with van der Waals surface area (Å²) in [5.41, 5.74) is 1.42. The highest BCUT2D eigenvalue weighted by Crippen LogP contribution is 2.26. The molecule has 3 N–H and O–H groups in total. The summed E-state index contributed by atoms with van der Waals surface area (Å²) in [4.78, 5) is 57.1. The van der Waals surface area contributed by atoms with Gasteiger partial charge in [0, 0.05) is 11.9 Å². The van der Waals surface area contributed by atoms with E-state index in [4.69, 9.17) is 4.74 Å². The van der Waals surface area contributed by atoms with Crippen LogP contribution in [-0.2, 0) is 25.5 Å². The van der Waals surface area contributed by atoms with Gasteiger partial charge in [0.05, 0.1) is 23.3 Å². The molecule has 10 nitrogen and oxygen atoms in total. The number of benzene rings is 2. The van der Waals surface area contributed by atoms with E-state index in [1.807, 2.05) is 54.6 Å². The van der Waals surface area contributed by atoms with Crippen LogP contribution in [0.5, 0.6) is 0 Å². The third kappa shape index (κ3) is 7.34. The Kier molecular flexibility index (Phi) is 8.67. The van der Waals surface area contributed by atoms with Crippen molar-refractivity contribution in [2.45, 2.75) is 57.7 Å². The Morgan fingerprint density at radius 1 is 1.07 bits per heavy atom. The van der Waals surface area contributed by atoms with E-state index >= 15 is 0 Å². The summed E-state index contributed by atoms with van der Waals surface area (Å²) in [7, 11) is 0. The Balaban J connectivity index is 1.53. The number of fused-ring (bicyclic) bond motifs is 1. The predicted octanol–water partition coefficient (Wildman–Crippen LogP) is 4.00. The van der Waals surface area contributed by atoms with E-state index in [1.165, 1.54) is 0 Å². The first kappa shape index (κ1) is 28.5. The Bertz CT molecular complexity index is 1390. The van der Waals surface area contributed by atoms with Gasteiger partial charge in [0.1, 0.15) is 17.7 Å². The number of likely N-dealkylation sites (tertiary alicyclic amines) is 1. The summed E-state index contributed by atoms with van der Waals surface area (Å²) in [6, 6.07) is 16.8. The van der Waals surface area contributed by atoms with E-state index in [0.29, 0.717) is 12.1 Å². The summed E-state index contributed by atoms with van der Waals surface area (Å²) < 4.78 is 5.43. The van der Waals surface area contributed by atoms with Gasteiger partial charge in [-0.25, -0.2) is 4.79 Å². The first-order valence-corrected chi connectivity index (χ1v) is 13.2.